The molecule has 1 unspecified atom stereocenters. The standard InChI is InChI=1S/C12H17F3N2O2/c13-12(14,15)5-1-6-17-7-4-9(18)16-10(11(17)19)8-2-3-8/h8,10H,1-7H2,(H,16,18). The maximum absolute atomic E-state index is 12.2. The molecule has 108 valence electrons. The first-order chi connectivity index (χ1) is 8.87. The highest BCUT2D eigenvalue weighted by Crippen LogP contribution is 2.34. The average molecular weight is 278 g/mol. The Morgan fingerprint density at radius 2 is 1.95 bits per heavy atom. The molecule has 2 fully saturated rings. The van der Waals surface area contributed by atoms with Crippen LogP contribution in [0.25, 0.3) is 0 Å². The van der Waals surface area contributed by atoms with Crippen molar-refractivity contribution in [1.29, 1.82) is 0 Å². The first kappa shape index (κ1) is 14.1. The first-order valence-electron chi connectivity index (χ1n) is 6.52. The maximum atomic E-state index is 12.2. The van der Waals surface area contributed by atoms with E-state index in [9.17, 15) is 22.8 Å². The predicted octanol–water partition coefficient (Wildman–Crippen LogP) is 1.46. The summed E-state index contributed by atoms with van der Waals surface area (Å²) in [5, 5.41) is 2.67. The van der Waals surface area contributed by atoms with E-state index in [1.807, 2.05) is 0 Å². The number of nitrogens with zero attached hydrogens (tertiary/aromatic N) is 1. The Labute approximate surface area is 109 Å². The molecule has 2 amide bonds. The molecule has 4 nitrogen and oxygen atoms in total. The Morgan fingerprint density at radius 1 is 1.26 bits per heavy atom. The van der Waals surface area contributed by atoms with E-state index in [1.165, 1.54) is 4.90 Å². The molecule has 0 aromatic heterocycles. The zero-order valence-electron chi connectivity index (χ0n) is 10.5. The van der Waals surface area contributed by atoms with Crippen LogP contribution < -0.4 is 5.32 Å². The summed E-state index contributed by atoms with van der Waals surface area (Å²) in [5.74, 6) is -0.251. The van der Waals surface area contributed by atoms with E-state index in [0.717, 1.165) is 12.8 Å². The molecular weight excluding hydrogens is 261 g/mol. The Morgan fingerprint density at radius 3 is 2.53 bits per heavy atom. The molecule has 2 aliphatic rings. The zero-order chi connectivity index (χ0) is 14.0. The Balaban J connectivity index is 1.90. The second-order valence-electron chi connectivity index (χ2n) is 5.18. The molecule has 2 rings (SSSR count). The number of alkyl halides is 3. The SMILES string of the molecule is O=C1CCN(CCCC(F)(F)F)C(=O)C(C2CC2)N1. The van der Waals surface area contributed by atoms with Crippen LogP contribution in [0.4, 0.5) is 13.2 Å². The summed E-state index contributed by atoms with van der Waals surface area (Å²) in [6, 6.07) is -0.527. The lowest BCUT2D eigenvalue weighted by atomic mass is 10.1. The summed E-state index contributed by atoms with van der Waals surface area (Å²) in [4.78, 5) is 25.0. The molecule has 1 aliphatic heterocycles. The molecule has 0 spiro atoms. The van der Waals surface area contributed by atoms with Crippen molar-refractivity contribution in [1.82, 2.24) is 10.2 Å². The van der Waals surface area contributed by atoms with Gasteiger partial charge in [-0.05, 0) is 25.2 Å². The van der Waals surface area contributed by atoms with E-state index in [0.29, 0.717) is 0 Å². The van der Waals surface area contributed by atoms with Crippen LogP contribution in [0.15, 0.2) is 0 Å². The summed E-state index contributed by atoms with van der Waals surface area (Å²) in [6.07, 6.45) is -3.24. The van der Waals surface area contributed by atoms with Gasteiger partial charge >= 0.3 is 6.18 Å². The van der Waals surface area contributed by atoms with Crippen molar-refractivity contribution in [3.8, 4) is 0 Å². The first-order valence-corrected chi connectivity index (χ1v) is 6.52. The van der Waals surface area contributed by atoms with Gasteiger partial charge in [0, 0.05) is 25.9 Å². The number of hydrogen-bond donors (Lipinski definition) is 1. The van der Waals surface area contributed by atoms with Crippen molar-refractivity contribution in [3.05, 3.63) is 0 Å². The molecule has 0 bridgehead atoms. The Kier molecular flexibility index (Phi) is 4.01. The van der Waals surface area contributed by atoms with E-state index in [2.05, 4.69) is 5.32 Å². The van der Waals surface area contributed by atoms with Gasteiger partial charge < -0.3 is 10.2 Å². The fraction of sp³-hybridized carbons (Fsp3) is 0.833. The van der Waals surface area contributed by atoms with E-state index in [4.69, 9.17) is 0 Å². The van der Waals surface area contributed by atoms with E-state index >= 15 is 0 Å². The highest BCUT2D eigenvalue weighted by atomic mass is 19.4. The predicted molar refractivity (Wildman–Crippen MR) is 61.1 cm³/mol. The van der Waals surface area contributed by atoms with Gasteiger partial charge in [0.05, 0.1) is 0 Å². The zero-order valence-corrected chi connectivity index (χ0v) is 10.5. The van der Waals surface area contributed by atoms with Crippen LogP contribution in [0.1, 0.15) is 32.1 Å². The minimum absolute atomic E-state index is 0.0660. The van der Waals surface area contributed by atoms with Crippen molar-refractivity contribution in [2.24, 2.45) is 5.92 Å². The Bertz CT molecular complexity index is 366. The summed E-state index contributed by atoms with van der Waals surface area (Å²) >= 11 is 0. The number of halogens is 3. The van der Waals surface area contributed by atoms with Gasteiger partial charge in [-0.1, -0.05) is 0 Å². The van der Waals surface area contributed by atoms with Gasteiger partial charge in [0.15, 0.2) is 0 Å². The van der Waals surface area contributed by atoms with Gasteiger partial charge in [-0.2, -0.15) is 13.2 Å². The van der Waals surface area contributed by atoms with Crippen LogP contribution >= 0.6 is 0 Å². The molecule has 0 aromatic carbocycles. The lowest BCUT2D eigenvalue weighted by Crippen LogP contribution is -2.46. The summed E-state index contributed by atoms with van der Waals surface area (Å²) in [5.41, 5.74) is 0. The molecule has 1 heterocycles. The minimum atomic E-state index is -4.20. The number of hydrogen-bond acceptors (Lipinski definition) is 2. The van der Waals surface area contributed by atoms with Gasteiger partial charge in [-0.25, -0.2) is 0 Å². The number of nitrogens with one attached hydrogen (secondary N) is 1. The van der Waals surface area contributed by atoms with E-state index in [1.54, 1.807) is 0 Å². The van der Waals surface area contributed by atoms with Gasteiger partial charge in [-0.3, -0.25) is 9.59 Å². The third kappa shape index (κ3) is 4.11. The molecule has 1 saturated carbocycles. The van der Waals surface area contributed by atoms with Gasteiger partial charge in [0.1, 0.15) is 6.04 Å². The third-order valence-corrected chi connectivity index (χ3v) is 3.48. The van der Waals surface area contributed by atoms with Crippen molar-refractivity contribution in [2.45, 2.75) is 44.3 Å². The molecule has 7 heteroatoms. The second kappa shape index (κ2) is 5.38. The lowest BCUT2D eigenvalue weighted by molar-refractivity contribution is -0.141. The van der Waals surface area contributed by atoms with Crippen LogP contribution in [-0.2, 0) is 9.59 Å². The number of amides is 2. The molecule has 1 atom stereocenters. The van der Waals surface area contributed by atoms with Gasteiger partial charge in [0.2, 0.25) is 11.8 Å². The monoisotopic (exact) mass is 278 g/mol. The number of carbonyl (C=O) groups is 2. The minimum Gasteiger partial charge on any atom is -0.344 e. The third-order valence-electron chi connectivity index (χ3n) is 3.48. The van der Waals surface area contributed by atoms with Gasteiger partial charge in [0.25, 0.3) is 0 Å². The highest BCUT2D eigenvalue weighted by molar-refractivity contribution is 5.90. The maximum Gasteiger partial charge on any atom is 0.389 e. The largest absolute Gasteiger partial charge is 0.389 e. The fourth-order valence-electron chi connectivity index (χ4n) is 2.29. The Hall–Kier alpha value is -1.27. The highest BCUT2D eigenvalue weighted by Gasteiger charge is 2.41. The van der Waals surface area contributed by atoms with E-state index in [-0.39, 0.29) is 43.7 Å². The molecule has 1 saturated heterocycles. The van der Waals surface area contributed by atoms with Crippen LogP contribution in [0.5, 0.6) is 0 Å². The number of carbonyl (C=O) groups excluding carboxylic acids is 2. The van der Waals surface area contributed by atoms with Crippen molar-refractivity contribution in [3.63, 3.8) is 0 Å². The smallest absolute Gasteiger partial charge is 0.344 e. The normalized spacial score (nSPS) is 25.2. The van der Waals surface area contributed by atoms with Crippen molar-refractivity contribution < 1.29 is 22.8 Å². The molecule has 0 aromatic rings. The topological polar surface area (TPSA) is 49.4 Å². The van der Waals surface area contributed by atoms with Crippen LogP contribution in [0.2, 0.25) is 0 Å². The van der Waals surface area contributed by atoms with E-state index < -0.39 is 18.6 Å². The second-order valence-corrected chi connectivity index (χ2v) is 5.18. The molecule has 0 radical (unpaired) electrons. The van der Waals surface area contributed by atoms with Crippen LogP contribution in [0.3, 0.4) is 0 Å². The van der Waals surface area contributed by atoms with Crippen LogP contribution in [-0.4, -0.2) is 42.0 Å². The van der Waals surface area contributed by atoms with Crippen molar-refractivity contribution >= 4 is 11.8 Å². The average Bonchev–Trinajstić information content (AvgIpc) is 3.11. The van der Waals surface area contributed by atoms with Crippen LogP contribution in [0, 0.1) is 5.92 Å². The van der Waals surface area contributed by atoms with Gasteiger partial charge in [-0.15, -0.1) is 0 Å². The lowest BCUT2D eigenvalue weighted by Gasteiger charge is -2.24. The number of rotatable bonds is 4. The van der Waals surface area contributed by atoms with Crippen molar-refractivity contribution in [2.75, 3.05) is 13.1 Å². The summed E-state index contributed by atoms with van der Waals surface area (Å²) in [7, 11) is 0. The molecule has 19 heavy (non-hydrogen) atoms. The fourth-order valence-corrected chi connectivity index (χ4v) is 2.29. The summed E-state index contributed by atoms with van der Waals surface area (Å²) < 4.78 is 36.3. The molecule has 1 aliphatic carbocycles. The molecular formula is C12H17F3N2O2. The molecule has 1 N–H and O–H groups in total. The summed E-state index contributed by atoms with van der Waals surface area (Å²) in [6.45, 7) is 0.280. The quantitative estimate of drug-likeness (QED) is 0.846.